The first kappa shape index (κ1) is 33.1. The molecule has 2 heterocycles. The summed E-state index contributed by atoms with van der Waals surface area (Å²) in [5, 5.41) is 5.57. The fourth-order valence-corrected chi connectivity index (χ4v) is 7.82. The van der Waals surface area contributed by atoms with E-state index < -0.39 is 23.0 Å². The van der Waals surface area contributed by atoms with Gasteiger partial charge in [0.1, 0.15) is 11.6 Å². The number of rotatable bonds is 10. The maximum absolute atomic E-state index is 15.0. The van der Waals surface area contributed by atoms with Gasteiger partial charge in [-0.15, -0.1) is 0 Å². The van der Waals surface area contributed by atoms with Crippen molar-refractivity contribution < 1.29 is 18.4 Å². The van der Waals surface area contributed by atoms with E-state index in [-0.39, 0.29) is 40.2 Å². The third-order valence-corrected chi connectivity index (χ3v) is 10.1. The van der Waals surface area contributed by atoms with Crippen molar-refractivity contribution >= 4 is 29.3 Å². The van der Waals surface area contributed by atoms with Crippen molar-refractivity contribution in [2.75, 3.05) is 26.0 Å². The van der Waals surface area contributed by atoms with Crippen LogP contribution in [0.15, 0.2) is 88.8 Å². The number of amides is 2. The molecule has 0 fully saturated rings. The zero-order chi connectivity index (χ0) is 33.2. The molecule has 5 rings (SSSR count). The highest BCUT2D eigenvalue weighted by Crippen LogP contribution is 2.57. The van der Waals surface area contributed by atoms with Crippen molar-refractivity contribution in [1.82, 2.24) is 14.8 Å². The van der Waals surface area contributed by atoms with Gasteiger partial charge in [0, 0.05) is 59.7 Å². The Morgan fingerprint density at radius 2 is 1.65 bits per heavy atom. The van der Waals surface area contributed by atoms with Crippen LogP contribution in [0, 0.1) is 17.6 Å². The maximum atomic E-state index is 15.0. The molecule has 46 heavy (non-hydrogen) atoms. The van der Waals surface area contributed by atoms with Gasteiger partial charge in [-0.25, -0.2) is 13.6 Å². The first-order valence-corrected chi connectivity index (χ1v) is 16.0. The number of hydrogen-bond donors (Lipinski definition) is 2. The van der Waals surface area contributed by atoms with Gasteiger partial charge in [0.2, 0.25) is 0 Å². The van der Waals surface area contributed by atoms with Crippen LogP contribution in [0.5, 0.6) is 0 Å². The van der Waals surface area contributed by atoms with Gasteiger partial charge >= 0.3 is 6.03 Å². The Hall–Kier alpha value is -4.28. The highest BCUT2D eigenvalue weighted by atomic mass is 32.2. The van der Waals surface area contributed by atoms with Gasteiger partial charge in [-0.2, -0.15) is 0 Å². The average Bonchev–Trinajstić information content (AvgIpc) is 3.33. The first-order chi connectivity index (χ1) is 21.9. The van der Waals surface area contributed by atoms with Crippen LogP contribution in [0.1, 0.15) is 58.6 Å². The molecule has 2 amide bonds. The first-order valence-electron chi connectivity index (χ1n) is 15.2. The SMILES string of the molecule is CNC(=O)Nc1ccc(C2Sc3c(c(=O)c(C(=O)C(C)C)cn3Cc3c(F)cccc3F)C2(C)CN(C)Cc2ccccc2)cc1. The van der Waals surface area contributed by atoms with Crippen LogP contribution in [0.25, 0.3) is 0 Å². The number of aromatic nitrogens is 1. The van der Waals surface area contributed by atoms with E-state index in [0.717, 1.165) is 11.1 Å². The molecule has 7 nitrogen and oxygen atoms in total. The van der Waals surface area contributed by atoms with E-state index in [4.69, 9.17) is 0 Å². The fourth-order valence-electron chi connectivity index (χ4n) is 6.15. The third kappa shape index (κ3) is 6.64. The minimum absolute atomic E-state index is 0.00816. The molecule has 0 saturated heterocycles. The Bertz CT molecular complexity index is 1790. The topological polar surface area (TPSA) is 83.4 Å². The number of carbonyl (C=O) groups is 2. The highest BCUT2D eigenvalue weighted by molar-refractivity contribution is 7.99. The number of hydrogen-bond acceptors (Lipinski definition) is 5. The number of nitrogens with one attached hydrogen (secondary N) is 2. The van der Waals surface area contributed by atoms with Crippen molar-refractivity contribution in [3.63, 3.8) is 0 Å². The van der Waals surface area contributed by atoms with Gasteiger partial charge in [-0.3, -0.25) is 9.59 Å². The summed E-state index contributed by atoms with van der Waals surface area (Å²) in [6.07, 6.45) is 1.47. The number of halogens is 2. The molecular formula is C36H38F2N4O3S. The largest absolute Gasteiger partial charge is 0.341 e. The summed E-state index contributed by atoms with van der Waals surface area (Å²) in [4.78, 5) is 41.9. The van der Waals surface area contributed by atoms with E-state index in [9.17, 15) is 23.2 Å². The molecule has 1 aliphatic rings. The lowest BCUT2D eigenvalue weighted by atomic mass is 9.76. The van der Waals surface area contributed by atoms with Crippen LogP contribution in [0.4, 0.5) is 19.3 Å². The van der Waals surface area contributed by atoms with Crippen LogP contribution in [0.2, 0.25) is 0 Å². The standard InChI is InChI=1S/C36H38F2N4O3S/c1-22(2)31(43)27-20-42(19-26-28(37)12-9-13-29(26)38)34-30(32(27)44)36(3,21-41(5)18-23-10-7-6-8-11-23)33(46-34)24-14-16-25(17-15-24)40-35(45)39-4/h6-17,20,22,33H,18-19,21H2,1-5H3,(H2,39,40,45). The molecule has 0 bridgehead atoms. The smallest absolute Gasteiger partial charge is 0.318 e. The summed E-state index contributed by atoms with van der Waals surface area (Å²) in [5.74, 6) is -2.18. The Morgan fingerprint density at radius 1 is 1.00 bits per heavy atom. The number of carbonyl (C=O) groups excluding carboxylic acids is 2. The number of thioether (sulfide) groups is 1. The highest BCUT2D eigenvalue weighted by Gasteiger charge is 2.49. The molecule has 2 N–H and O–H groups in total. The molecule has 10 heteroatoms. The molecular weight excluding hydrogens is 606 g/mol. The van der Waals surface area contributed by atoms with Gasteiger partial charge in [-0.05, 0) is 42.4 Å². The Morgan fingerprint density at radius 3 is 2.26 bits per heavy atom. The summed E-state index contributed by atoms with van der Waals surface area (Å²) in [6, 6.07) is 20.8. The molecule has 1 aliphatic heterocycles. The van der Waals surface area contributed by atoms with Gasteiger partial charge in [0.25, 0.3) is 0 Å². The van der Waals surface area contributed by atoms with Crippen LogP contribution in [0.3, 0.4) is 0 Å². The summed E-state index contributed by atoms with van der Waals surface area (Å²) in [7, 11) is 3.53. The zero-order valence-corrected chi connectivity index (χ0v) is 27.4. The molecule has 240 valence electrons. The van der Waals surface area contributed by atoms with E-state index in [2.05, 4.69) is 15.5 Å². The van der Waals surface area contributed by atoms with Crippen molar-refractivity contribution in [2.24, 2.45) is 5.92 Å². The number of benzene rings is 3. The van der Waals surface area contributed by atoms with Gasteiger partial charge in [0.05, 0.1) is 17.1 Å². The van der Waals surface area contributed by atoms with Crippen molar-refractivity contribution in [3.05, 3.63) is 129 Å². The molecule has 0 radical (unpaired) electrons. The molecule has 1 aromatic heterocycles. The number of urea groups is 1. The maximum Gasteiger partial charge on any atom is 0.318 e. The lowest BCUT2D eigenvalue weighted by Crippen LogP contribution is -2.42. The summed E-state index contributed by atoms with van der Waals surface area (Å²) in [6.45, 7) is 6.37. The number of nitrogens with zero attached hydrogens (tertiary/aromatic N) is 2. The Kier molecular flexibility index (Phi) is 9.79. The van der Waals surface area contributed by atoms with Crippen LogP contribution < -0.4 is 16.1 Å². The molecule has 0 spiro atoms. The minimum atomic E-state index is -0.820. The average molecular weight is 645 g/mol. The lowest BCUT2D eigenvalue weighted by molar-refractivity contribution is 0.0937. The number of fused-ring (bicyclic) bond motifs is 1. The summed E-state index contributed by atoms with van der Waals surface area (Å²) in [5.41, 5.74) is 1.75. The summed E-state index contributed by atoms with van der Waals surface area (Å²) < 4.78 is 31.6. The number of pyridine rings is 1. The Labute approximate surface area is 272 Å². The van der Waals surface area contributed by atoms with Crippen molar-refractivity contribution in [2.45, 2.75) is 49.6 Å². The van der Waals surface area contributed by atoms with E-state index in [1.165, 1.54) is 43.2 Å². The van der Waals surface area contributed by atoms with Crippen LogP contribution >= 0.6 is 11.8 Å². The second-order valence-corrected chi connectivity index (χ2v) is 13.4. The molecule has 0 saturated carbocycles. The molecule has 4 aromatic rings. The number of likely N-dealkylation sites (N-methyl/N-ethyl adjacent to an activating group) is 1. The quantitative estimate of drug-likeness (QED) is 0.182. The predicted octanol–water partition coefficient (Wildman–Crippen LogP) is 7.00. The fraction of sp³-hybridized carbons (Fsp3) is 0.306. The van der Waals surface area contributed by atoms with E-state index in [0.29, 0.717) is 29.4 Å². The Balaban J connectivity index is 1.68. The number of Topliss-reactive ketones (excluding diaryl/α,β-unsaturated/α-hetero) is 1. The van der Waals surface area contributed by atoms with E-state index in [1.807, 2.05) is 56.4 Å². The molecule has 3 aromatic carbocycles. The monoisotopic (exact) mass is 644 g/mol. The second-order valence-electron chi connectivity index (χ2n) is 12.3. The summed E-state index contributed by atoms with van der Waals surface area (Å²) >= 11 is 1.45. The second kappa shape index (κ2) is 13.6. The molecule has 2 atom stereocenters. The molecule has 0 aliphatic carbocycles. The van der Waals surface area contributed by atoms with E-state index in [1.54, 1.807) is 30.5 Å². The van der Waals surface area contributed by atoms with Crippen molar-refractivity contribution in [3.8, 4) is 0 Å². The number of ketones is 1. The number of anilines is 1. The third-order valence-electron chi connectivity index (χ3n) is 8.38. The van der Waals surface area contributed by atoms with Crippen LogP contribution in [-0.2, 0) is 18.5 Å². The normalized spacial score (nSPS) is 17.3. The van der Waals surface area contributed by atoms with Gasteiger partial charge < -0.3 is 20.1 Å². The van der Waals surface area contributed by atoms with Crippen LogP contribution in [-0.4, -0.2) is 41.9 Å². The van der Waals surface area contributed by atoms with E-state index >= 15 is 0 Å². The van der Waals surface area contributed by atoms with Crippen molar-refractivity contribution in [1.29, 1.82) is 0 Å². The predicted molar refractivity (Wildman–Crippen MR) is 179 cm³/mol. The lowest BCUT2D eigenvalue weighted by Gasteiger charge is -2.35. The molecule has 2 unspecified atom stereocenters. The zero-order valence-electron chi connectivity index (χ0n) is 26.6. The van der Waals surface area contributed by atoms with Gasteiger partial charge in [0.15, 0.2) is 11.2 Å². The van der Waals surface area contributed by atoms with Gasteiger partial charge in [-0.1, -0.05) is 81.1 Å². The minimum Gasteiger partial charge on any atom is -0.341 e.